The van der Waals surface area contributed by atoms with Crippen molar-refractivity contribution in [1.29, 1.82) is 0 Å². The molecule has 2 nitrogen and oxygen atoms in total. The molecular weight excluding hydrogens is 172 g/mol. The van der Waals surface area contributed by atoms with Gasteiger partial charge in [0.05, 0.1) is 0 Å². The van der Waals surface area contributed by atoms with Crippen molar-refractivity contribution < 1.29 is 0 Å². The second-order valence-corrected chi connectivity index (χ2v) is 4.91. The van der Waals surface area contributed by atoms with Crippen molar-refractivity contribution >= 4 is 0 Å². The lowest BCUT2D eigenvalue weighted by Gasteiger charge is -2.31. The Kier molecular flexibility index (Phi) is 3.24. The van der Waals surface area contributed by atoms with E-state index in [-0.39, 0.29) is 0 Å². The van der Waals surface area contributed by atoms with Gasteiger partial charge in [-0.15, -0.1) is 0 Å². The molecule has 2 fully saturated rings. The van der Waals surface area contributed by atoms with Crippen LogP contribution in [0.15, 0.2) is 12.2 Å². The van der Waals surface area contributed by atoms with Gasteiger partial charge in [-0.05, 0) is 31.6 Å². The third-order valence-corrected chi connectivity index (χ3v) is 3.77. The van der Waals surface area contributed by atoms with Gasteiger partial charge in [0.1, 0.15) is 0 Å². The largest absolute Gasteiger partial charge is 0.327 e. The fourth-order valence-electron chi connectivity index (χ4n) is 2.68. The minimum Gasteiger partial charge on any atom is -0.327 e. The number of rotatable bonds is 2. The number of likely N-dealkylation sites (tertiary alicyclic amines) is 1. The predicted octanol–water partition coefficient (Wildman–Crippen LogP) is 1.77. The van der Waals surface area contributed by atoms with E-state index in [1.165, 1.54) is 57.3 Å². The molecule has 1 heterocycles. The Hall–Kier alpha value is -0.340. The maximum Gasteiger partial charge on any atom is 0.00793 e. The Bertz CT molecular complexity index is 202. The predicted molar refractivity (Wildman–Crippen MR) is 60.1 cm³/mol. The Morgan fingerprint density at radius 2 is 2.00 bits per heavy atom. The highest BCUT2D eigenvalue weighted by atomic mass is 15.1. The minimum atomic E-state index is 0.472. The minimum absolute atomic E-state index is 0.472. The molecule has 0 aromatic heterocycles. The number of nitrogens with two attached hydrogens (primary N) is 1. The van der Waals surface area contributed by atoms with Crippen molar-refractivity contribution in [2.75, 3.05) is 19.6 Å². The molecule has 0 amide bonds. The zero-order chi connectivity index (χ0) is 9.97. The van der Waals surface area contributed by atoms with E-state index in [0.29, 0.717) is 6.04 Å². The van der Waals surface area contributed by atoms with Gasteiger partial charge in [-0.1, -0.05) is 18.6 Å². The van der Waals surface area contributed by atoms with Gasteiger partial charge in [0.15, 0.2) is 0 Å². The Labute approximate surface area is 87.2 Å². The molecule has 14 heavy (non-hydrogen) atoms. The maximum atomic E-state index is 6.08. The fraction of sp³-hybridized carbons (Fsp3) is 0.833. The molecule has 0 bridgehead atoms. The van der Waals surface area contributed by atoms with Gasteiger partial charge in [-0.25, -0.2) is 0 Å². The van der Waals surface area contributed by atoms with Crippen molar-refractivity contribution in [2.24, 2.45) is 11.7 Å². The lowest BCUT2D eigenvalue weighted by Crippen LogP contribution is -2.39. The van der Waals surface area contributed by atoms with Crippen LogP contribution in [0.3, 0.4) is 0 Å². The first-order chi connectivity index (χ1) is 6.75. The summed E-state index contributed by atoms with van der Waals surface area (Å²) in [7, 11) is 0. The van der Waals surface area contributed by atoms with Crippen LogP contribution in [0.25, 0.3) is 0 Å². The monoisotopic (exact) mass is 194 g/mol. The van der Waals surface area contributed by atoms with E-state index >= 15 is 0 Å². The van der Waals surface area contributed by atoms with Crippen LogP contribution in [-0.4, -0.2) is 30.6 Å². The summed E-state index contributed by atoms with van der Waals surface area (Å²) < 4.78 is 0. The van der Waals surface area contributed by atoms with Crippen LogP contribution in [0.2, 0.25) is 0 Å². The smallest absolute Gasteiger partial charge is 0.00793 e. The summed E-state index contributed by atoms with van der Waals surface area (Å²) in [4.78, 5) is 2.57. The van der Waals surface area contributed by atoms with Crippen LogP contribution in [0.5, 0.6) is 0 Å². The van der Waals surface area contributed by atoms with Gasteiger partial charge in [0.25, 0.3) is 0 Å². The van der Waals surface area contributed by atoms with Gasteiger partial charge < -0.3 is 10.6 Å². The average Bonchev–Trinajstić information content (AvgIpc) is 2.56. The van der Waals surface area contributed by atoms with E-state index in [4.69, 9.17) is 5.73 Å². The highest BCUT2D eigenvalue weighted by Crippen LogP contribution is 2.26. The highest BCUT2D eigenvalue weighted by Gasteiger charge is 2.26. The van der Waals surface area contributed by atoms with Crippen LogP contribution in [-0.2, 0) is 0 Å². The Morgan fingerprint density at radius 3 is 2.57 bits per heavy atom. The molecule has 1 aliphatic heterocycles. The average molecular weight is 194 g/mol. The van der Waals surface area contributed by atoms with E-state index in [1.807, 2.05) is 0 Å². The molecule has 0 aromatic rings. The second-order valence-electron chi connectivity index (χ2n) is 4.91. The topological polar surface area (TPSA) is 29.3 Å². The number of hydrogen-bond acceptors (Lipinski definition) is 2. The molecular formula is C12H22N2. The number of nitrogens with zero attached hydrogens (tertiary/aromatic N) is 1. The van der Waals surface area contributed by atoms with E-state index in [2.05, 4.69) is 11.5 Å². The van der Waals surface area contributed by atoms with Gasteiger partial charge >= 0.3 is 0 Å². The molecule has 0 radical (unpaired) electrons. The summed E-state index contributed by atoms with van der Waals surface area (Å²) in [6.07, 6.45) is 6.32. The molecule has 80 valence electrons. The Morgan fingerprint density at radius 1 is 1.29 bits per heavy atom. The van der Waals surface area contributed by atoms with E-state index in [9.17, 15) is 0 Å². The van der Waals surface area contributed by atoms with E-state index in [1.54, 1.807) is 0 Å². The molecule has 2 rings (SSSR count). The van der Waals surface area contributed by atoms with Crippen LogP contribution in [0.1, 0.15) is 32.1 Å². The lowest BCUT2D eigenvalue weighted by atomic mass is 10.0. The summed E-state index contributed by atoms with van der Waals surface area (Å²) >= 11 is 0. The summed E-state index contributed by atoms with van der Waals surface area (Å²) in [6, 6.07) is 0.472. The lowest BCUT2D eigenvalue weighted by molar-refractivity contribution is 0.210. The summed E-state index contributed by atoms with van der Waals surface area (Å²) in [6.45, 7) is 7.70. The van der Waals surface area contributed by atoms with Gasteiger partial charge in [0, 0.05) is 25.7 Å². The van der Waals surface area contributed by atoms with Gasteiger partial charge in [-0.2, -0.15) is 0 Å². The third kappa shape index (κ3) is 2.37. The van der Waals surface area contributed by atoms with Gasteiger partial charge in [-0.3, -0.25) is 0 Å². The first-order valence-corrected chi connectivity index (χ1v) is 5.90. The molecule has 2 heteroatoms. The third-order valence-electron chi connectivity index (χ3n) is 3.77. The number of hydrogen-bond donors (Lipinski definition) is 1. The second kappa shape index (κ2) is 4.45. The first-order valence-electron chi connectivity index (χ1n) is 5.90. The van der Waals surface area contributed by atoms with Gasteiger partial charge in [0.2, 0.25) is 0 Å². The van der Waals surface area contributed by atoms with Crippen LogP contribution < -0.4 is 5.73 Å². The molecule has 2 N–H and O–H groups in total. The van der Waals surface area contributed by atoms with Crippen LogP contribution >= 0.6 is 0 Å². The van der Waals surface area contributed by atoms with Crippen LogP contribution in [0, 0.1) is 5.92 Å². The molecule has 1 saturated heterocycles. The summed E-state index contributed by atoms with van der Waals surface area (Å²) in [5.41, 5.74) is 7.51. The molecule has 2 atom stereocenters. The molecule has 0 spiro atoms. The van der Waals surface area contributed by atoms with Crippen molar-refractivity contribution in [3.63, 3.8) is 0 Å². The maximum absolute atomic E-state index is 6.08. The zero-order valence-electron chi connectivity index (χ0n) is 9.04. The van der Waals surface area contributed by atoms with Crippen molar-refractivity contribution in [3.8, 4) is 0 Å². The first kappa shape index (κ1) is 10.2. The molecule has 0 aromatic carbocycles. The Balaban J connectivity index is 1.77. The van der Waals surface area contributed by atoms with Crippen LogP contribution in [0.4, 0.5) is 0 Å². The quantitative estimate of drug-likeness (QED) is 0.679. The standard InChI is InChI=1S/C12H22N2/c1-10-5-7-14(8-6-10)9-11-3-2-4-12(11)13/h11-12H,1-9,13H2. The molecule has 1 saturated carbocycles. The van der Waals surface area contributed by atoms with E-state index in [0.717, 1.165) is 5.92 Å². The molecule has 2 unspecified atom stereocenters. The van der Waals surface area contributed by atoms with Crippen molar-refractivity contribution in [1.82, 2.24) is 4.90 Å². The molecule has 2 aliphatic rings. The zero-order valence-corrected chi connectivity index (χ0v) is 9.04. The van der Waals surface area contributed by atoms with Crippen molar-refractivity contribution in [3.05, 3.63) is 12.2 Å². The fourth-order valence-corrected chi connectivity index (χ4v) is 2.68. The van der Waals surface area contributed by atoms with E-state index < -0.39 is 0 Å². The normalized spacial score (nSPS) is 35.1. The molecule has 1 aliphatic carbocycles. The highest BCUT2D eigenvalue weighted by molar-refractivity contribution is 4.99. The SMILES string of the molecule is C=C1CCN(CC2CCCC2N)CC1. The summed E-state index contributed by atoms with van der Waals surface area (Å²) in [5, 5.41) is 0. The summed E-state index contributed by atoms with van der Waals surface area (Å²) in [5.74, 6) is 0.765. The number of piperidine rings is 1. The van der Waals surface area contributed by atoms with Crippen molar-refractivity contribution in [2.45, 2.75) is 38.1 Å².